The fourth-order valence-corrected chi connectivity index (χ4v) is 2.19. The summed E-state index contributed by atoms with van der Waals surface area (Å²) < 4.78 is 12.8. The fourth-order valence-electron chi connectivity index (χ4n) is 2.19. The van der Waals surface area contributed by atoms with Gasteiger partial charge in [0.2, 0.25) is 6.79 Å². The molecular formula is C14H11ClN2O2. The van der Waals surface area contributed by atoms with Crippen LogP contribution in [0.4, 0.5) is 0 Å². The van der Waals surface area contributed by atoms with Crippen molar-refractivity contribution in [2.24, 2.45) is 0 Å². The van der Waals surface area contributed by atoms with E-state index in [-0.39, 0.29) is 19.2 Å². The zero-order chi connectivity index (χ0) is 11.9. The molecule has 2 heterocycles. The van der Waals surface area contributed by atoms with E-state index in [9.17, 15) is 0 Å². The van der Waals surface area contributed by atoms with Gasteiger partial charge in [0.1, 0.15) is 6.33 Å². The summed E-state index contributed by atoms with van der Waals surface area (Å²) in [6.07, 6.45) is 1.81. The average Bonchev–Trinajstić information content (AvgIpc) is 3.02. The number of imidazole rings is 1. The monoisotopic (exact) mass is 274 g/mol. The van der Waals surface area contributed by atoms with Crippen molar-refractivity contribution >= 4 is 23.4 Å². The molecule has 0 N–H and O–H groups in total. The van der Waals surface area contributed by atoms with Crippen LogP contribution in [0, 0.1) is 0 Å². The van der Waals surface area contributed by atoms with E-state index in [4.69, 9.17) is 9.47 Å². The molecule has 1 aliphatic rings. The van der Waals surface area contributed by atoms with Gasteiger partial charge in [-0.15, -0.1) is 12.4 Å². The molecule has 5 heteroatoms. The molecule has 3 aromatic rings. The maximum atomic E-state index is 5.40. The van der Waals surface area contributed by atoms with Crippen molar-refractivity contribution in [3.63, 3.8) is 0 Å². The number of nitrogens with zero attached hydrogens (tertiary/aromatic N) is 2. The van der Waals surface area contributed by atoms with E-state index in [2.05, 4.69) is 4.98 Å². The molecule has 19 heavy (non-hydrogen) atoms. The minimum Gasteiger partial charge on any atom is -0.454 e. The smallest absolute Gasteiger partial charge is 0.231 e. The zero-order valence-corrected chi connectivity index (χ0v) is 10.8. The third-order valence-electron chi connectivity index (χ3n) is 3.08. The van der Waals surface area contributed by atoms with E-state index >= 15 is 0 Å². The molecule has 0 saturated heterocycles. The molecule has 0 bridgehead atoms. The Bertz CT molecular complexity index is 725. The molecule has 0 spiro atoms. The normalized spacial score (nSPS) is 12.4. The van der Waals surface area contributed by atoms with Crippen molar-refractivity contribution < 1.29 is 9.47 Å². The van der Waals surface area contributed by atoms with E-state index in [1.54, 1.807) is 0 Å². The van der Waals surface area contributed by atoms with Gasteiger partial charge in [-0.3, -0.25) is 4.57 Å². The molecule has 0 amide bonds. The van der Waals surface area contributed by atoms with E-state index in [1.807, 2.05) is 53.4 Å². The zero-order valence-electron chi connectivity index (χ0n) is 9.95. The molecule has 4 rings (SSSR count). The Kier molecular flexibility index (Phi) is 2.80. The lowest BCUT2D eigenvalue weighted by molar-refractivity contribution is 0.174. The highest BCUT2D eigenvalue weighted by molar-refractivity contribution is 5.85. The molecule has 0 fully saturated rings. The predicted octanol–water partition coefficient (Wildman–Crippen LogP) is 3.18. The van der Waals surface area contributed by atoms with Crippen molar-refractivity contribution in [1.82, 2.24) is 9.55 Å². The Morgan fingerprint density at radius 3 is 2.53 bits per heavy atom. The highest BCUT2D eigenvalue weighted by atomic mass is 35.5. The Morgan fingerprint density at radius 1 is 1.00 bits per heavy atom. The lowest BCUT2D eigenvalue weighted by Crippen LogP contribution is -1.93. The molecule has 0 saturated carbocycles. The summed E-state index contributed by atoms with van der Waals surface area (Å²) in [6.45, 7) is 0.285. The number of ether oxygens (including phenoxy) is 2. The van der Waals surface area contributed by atoms with Crippen LogP contribution in [0.15, 0.2) is 48.8 Å². The summed E-state index contributed by atoms with van der Waals surface area (Å²) in [5.41, 5.74) is 3.01. The van der Waals surface area contributed by atoms with Gasteiger partial charge in [-0.1, -0.05) is 18.2 Å². The number of rotatable bonds is 1. The fraction of sp³-hybridized carbons (Fsp3) is 0.0714. The average molecular weight is 275 g/mol. The summed E-state index contributed by atoms with van der Waals surface area (Å²) in [7, 11) is 0. The second-order valence-corrected chi connectivity index (χ2v) is 4.14. The van der Waals surface area contributed by atoms with Crippen LogP contribution < -0.4 is 9.47 Å². The summed E-state index contributed by atoms with van der Waals surface area (Å²) in [5.74, 6) is 1.54. The minimum atomic E-state index is 0. The summed E-state index contributed by atoms with van der Waals surface area (Å²) in [6, 6.07) is 14.0. The first-order chi connectivity index (χ1) is 8.92. The molecule has 0 aliphatic carbocycles. The van der Waals surface area contributed by atoms with Crippen LogP contribution in [0.5, 0.6) is 11.5 Å². The van der Waals surface area contributed by atoms with Crippen LogP contribution in [0.1, 0.15) is 0 Å². The van der Waals surface area contributed by atoms with Crippen LogP contribution in [0.3, 0.4) is 0 Å². The second kappa shape index (κ2) is 4.48. The number of hydrogen-bond donors (Lipinski definition) is 0. The van der Waals surface area contributed by atoms with Crippen LogP contribution in [-0.2, 0) is 0 Å². The summed E-state index contributed by atoms with van der Waals surface area (Å²) in [5, 5.41) is 0. The van der Waals surface area contributed by atoms with E-state index in [1.165, 1.54) is 0 Å². The lowest BCUT2D eigenvalue weighted by Gasteiger charge is -2.04. The van der Waals surface area contributed by atoms with Gasteiger partial charge in [0.05, 0.1) is 11.0 Å². The van der Waals surface area contributed by atoms with E-state index in [0.29, 0.717) is 0 Å². The molecule has 1 aromatic heterocycles. The Labute approximate surface area is 116 Å². The SMILES string of the molecule is Cl.c1ccc(-n2cnc3cc4c(cc32)OCO4)cc1. The van der Waals surface area contributed by atoms with Crippen molar-refractivity contribution in [1.29, 1.82) is 0 Å². The van der Waals surface area contributed by atoms with Crippen LogP contribution in [0.2, 0.25) is 0 Å². The molecule has 4 nitrogen and oxygen atoms in total. The van der Waals surface area contributed by atoms with E-state index < -0.39 is 0 Å². The van der Waals surface area contributed by atoms with Gasteiger partial charge >= 0.3 is 0 Å². The second-order valence-electron chi connectivity index (χ2n) is 4.14. The Hall–Kier alpha value is -2.20. The standard InChI is InChI=1S/C14H10N2O2.ClH/c1-2-4-10(5-3-1)16-8-15-11-6-13-14(7-12(11)16)18-9-17-13;/h1-8H,9H2;1H. The van der Waals surface area contributed by atoms with Gasteiger partial charge in [0, 0.05) is 17.8 Å². The molecule has 96 valence electrons. The number of hydrogen-bond acceptors (Lipinski definition) is 3. The largest absolute Gasteiger partial charge is 0.454 e. The van der Waals surface area contributed by atoms with Gasteiger partial charge in [-0.2, -0.15) is 0 Å². The number of aromatic nitrogens is 2. The highest BCUT2D eigenvalue weighted by Crippen LogP contribution is 2.36. The van der Waals surface area contributed by atoms with Gasteiger partial charge < -0.3 is 9.47 Å². The number of fused-ring (bicyclic) bond motifs is 2. The quantitative estimate of drug-likeness (QED) is 0.684. The molecule has 1 aliphatic heterocycles. The molecule has 0 atom stereocenters. The number of halogens is 1. The van der Waals surface area contributed by atoms with Crippen LogP contribution in [0.25, 0.3) is 16.7 Å². The van der Waals surface area contributed by atoms with Gasteiger partial charge in [-0.25, -0.2) is 4.98 Å². The summed E-state index contributed by atoms with van der Waals surface area (Å²) >= 11 is 0. The van der Waals surface area contributed by atoms with Crippen molar-refractivity contribution in [3.05, 3.63) is 48.8 Å². The maximum absolute atomic E-state index is 5.40. The Morgan fingerprint density at radius 2 is 1.74 bits per heavy atom. The molecular weight excluding hydrogens is 264 g/mol. The first-order valence-electron chi connectivity index (χ1n) is 5.74. The molecule has 0 unspecified atom stereocenters. The van der Waals surface area contributed by atoms with Gasteiger partial charge in [0.15, 0.2) is 11.5 Å². The third kappa shape index (κ3) is 1.81. The topological polar surface area (TPSA) is 36.3 Å². The Balaban J connectivity index is 0.00000110. The molecule has 0 radical (unpaired) electrons. The van der Waals surface area contributed by atoms with E-state index in [0.717, 1.165) is 28.2 Å². The van der Waals surface area contributed by atoms with Gasteiger partial charge in [0.25, 0.3) is 0 Å². The third-order valence-corrected chi connectivity index (χ3v) is 3.08. The first kappa shape index (κ1) is 11.9. The predicted molar refractivity (Wildman–Crippen MR) is 74.4 cm³/mol. The van der Waals surface area contributed by atoms with Gasteiger partial charge in [-0.05, 0) is 12.1 Å². The van der Waals surface area contributed by atoms with Crippen LogP contribution >= 0.6 is 12.4 Å². The van der Waals surface area contributed by atoms with Crippen molar-refractivity contribution in [3.8, 4) is 17.2 Å². The highest BCUT2D eigenvalue weighted by Gasteiger charge is 2.16. The lowest BCUT2D eigenvalue weighted by atomic mass is 10.2. The van der Waals surface area contributed by atoms with Crippen LogP contribution in [-0.4, -0.2) is 16.3 Å². The maximum Gasteiger partial charge on any atom is 0.231 e. The first-order valence-corrected chi connectivity index (χ1v) is 5.74. The van der Waals surface area contributed by atoms with Crippen molar-refractivity contribution in [2.75, 3.05) is 6.79 Å². The number of benzene rings is 2. The van der Waals surface area contributed by atoms with Crippen molar-refractivity contribution in [2.45, 2.75) is 0 Å². The number of para-hydroxylation sites is 1. The molecule has 2 aromatic carbocycles. The minimum absolute atomic E-state index is 0. The summed E-state index contributed by atoms with van der Waals surface area (Å²) in [4.78, 5) is 4.40.